The minimum absolute atomic E-state index is 0.0320. The number of sulfonamides is 1. The highest BCUT2D eigenvalue weighted by atomic mass is 32.2. The van der Waals surface area contributed by atoms with E-state index in [-0.39, 0.29) is 23.6 Å². The molecule has 20 heavy (non-hydrogen) atoms. The highest BCUT2D eigenvalue weighted by molar-refractivity contribution is 7.89. The van der Waals surface area contributed by atoms with Crippen LogP contribution in [0.5, 0.6) is 0 Å². The van der Waals surface area contributed by atoms with Gasteiger partial charge in [0.2, 0.25) is 10.0 Å². The summed E-state index contributed by atoms with van der Waals surface area (Å²) >= 11 is 0. The van der Waals surface area contributed by atoms with Crippen molar-refractivity contribution in [2.75, 3.05) is 6.61 Å². The molecule has 6 nitrogen and oxygen atoms in total. The summed E-state index contributed by atoms with van der Waals surface area (Å²) in [6, 6.07) is 0.0640. The van der Waals surface area contributed by atoms with Gasteiger partial charge in [-0.05, 0) is 33.1 Å². The minimum atomic E-state index is -3.48. The molecule has 0 saturated carbocycles. The summed E-state index contributed by atoms with van der Waals surface area (Å²) in [6.07, 6.45) is 6.41. The van der Waals surface area contributed by atoms with Crippen molar-refractivity contribution in [2.45, 2.75) is 63.1 Å². The van der Waals surface area contributed by atoms with E-state index in [1.54, 1.807) is 15.2 Å². The van der Waals surface area contributed by atoms with E-state index in [0.29, 0.717) is 13.0 Å². The number of hydrogen-bond acceptors (Lipinski definition) is 4. The number of hydrogen-bond donors (Lipinski definition) is 1. The molecule has 7 heteroatoms. The lowest BCUT2D eigenvalue weighted by Gasteiger charge is -2.37. The van der Waals surface area contributed by atoms with Crippen LogP contribution in [-0.4, -0.2) is 46.3 Å². The predicted molar refractivity (Wildman–Crippen MR) is 75.7 cm³/mol. The molecule has 114 valence electrons. The monoisotopic (exact) mass is 301 g/mol. The molecule has 1 aliphatic rings. The van der Waals surface area contributed by atoms with Gasteiger partial charge in [-0.3, -0.25) is 4.68 Å². The highest BCUT2D eigenvalue weighted by Crippen LogP contribution is 2.29. The molecule has 1 N–H and O–H groups in total. The average molecular weight is 301 g/mol. The van der Waals surface area contributed by atoms with E-state index < -0.39 is 10.0 Å². The maximum Gasteiger partial charge on any atom is 0.246 e. The predicted octanol–water partition coefficient (Wildman–Crippen LogP) is 1.22. The molecule has 0 spiro atoms. The van der Waals surface area contributed by atoms with Gasteiger partial charge in [-0.2, -0.15) is 9.40 Å². The molecule has 0 aliphatic carbocycles. The van der Waals surface area contributed by atoms with Gasteiger partial charge >= 0.3 is 0 Å². The van der Waals surface area contributed by atoms with Gasteiger partial charge in [0.25, 0.3) is 0 Å². The fourth-order valence-electron chi connectivity index (χ4n) is 2.83. The molecule has 0 bridgehead atoms. The molecule has 2 unspecified atom stereocenters. The fourth-order valence-corrected chi connectivity index (χ4v) is 4.66. The Bertz CT molecular complexity index is 531. The maximum absolute atomic E-state index is 12.7. The Morgan fingerprint density at radius 2 is 2.00 bits per heavy atom. The molecule has 2 atom stereocenters. The van der Waals surface area contributed by atoms with Gasteiger partial charge in [0, 0.05) is 31.4 Å². The van der Waals surface area contributed by atoms with Crippen molar-refractivity contribution in [3.63, 3.8) is 0 Å². The normalized spacial score (nSPS) is 24.9. The third-order valence-corrected chi connectivity index (χ3v) is 5.92. The first-order valence-electron chi connectivity index (χ1n) is 7.13. The van der Waals surface area contributed by atoms with E-state index in [1.165, 1.54) is 6.20 Å². The summed E-state index contributed by atoms with van der Waals surface area (Å²) < 4.78 is 28.6. The van der Waals surface area contributed by atoms with Crippen molar-refractivity contribution in [3.05, 3.63) is 12.4 Å². The number of aromatic nitrogens is 2. The van der Waals surface area contributed by atoms with Gasteiger partial charge in [0.15, 0.2) is 0 Å². The van der Waals surface area contributed by atoms with Crippen LogP contribution < -0.4 is 0 Å². The van der Waals surface area contributed by atoms with Crippen LogP contribution in [-0.2, 0) is 16.6 Å². The van der Waals surface area contributed by atoms with Crippen molar-refractivity contribution in [2.24, 2.45) is 0 Å². The Balaban J connectivity index is 2.22. The molecule has 2 heterocycles. The van der Waals surface area contributed by atoms with Crippen molar-refractivity contribution < 1.29 is 13.5 Å². The van der Waals surface area contributed by atoms with Gasteiger partial charge in [0.05, 0.1) is 6.20 Å². The summed E-state index contributed by atoms with van der Waals surface area (Å²) in [6.45, 7) is 4.52. The van der Waals surface area contributed by atoms with Crippen LogP contribution in [0.1, 0.15) is 39.5 Å². The number of aryl methyl sites for hydroxylation is 1. The first kappa shape index (κ1) is 15.5. The molecule has 1 saturated heterocycles. The lowest BCUT2D eigenvalue weighted by atomic mass is 10.0. The summed E-state index contributed by atoms with van der Waals surface area (Å²) in [5.41, 5.74) is 0. The third kappa shape index (κ3) is 3.05. The van der Waals surface area contributed by atoms with Crippen LogP contribution in [0.25, 0.3) is 0 Å². The average Bonchev–Trinajstić information content (AvgIpc) is 2.85. The maximum atomic E-state index is 12.7. The molecule has 1 aromatic heterocycles. The van der Waals surface area contributed by atoms with Gasteiger partial charge in [0.1, 0.15) is 4.90 Å². The highest BCUT2D eigenvalue weighted by Gasteiger charge is 2.36. The van der Waals surface area contributed by atoms with Gasteiger partial charge < -0.3 is 5.11 Å². The van der Waals surface area contributed by atoms with Crippen LogP contribution >= 0.6 is 0 Å². The van der Waals surface area contributed by atoms with Crippen LogP contribution in [0.4, 0.5) is 0 Å². The molecule has 0 amide bonds. The first-order valence-corrected chi connectivity index (χ1v) is 8.57. The molecule has 1 aliphatic heterocycles. The molecule has 1 aromatic rings. The Morgan fingerprint density at radius 1 is 1.35 bits per heavy atom. The summed E-state index contributed by atoms with van der Waals surface area (Å²) in [4.78, 5) is 0.246. The Kier molecular flexibility index (Phi) is 4.82. The van der Waals surface area contributed by atoms with E-state index >= 15 is 0 Å². The largest absolute Gasteiger partial charge is 0.396 e. The SMILES string of the molecule is CC1CCCC(C)N1S(=O)(=O)c1cnn(CCCO)c1. The van der Waals surface area contributed by atoms with Crippen LogP contribution in [0.3, 0.4) is 0 Å². The summed E-state index contributed by atoms with van der Waals surface area (Å²) in [7, 11) is -3.48. The van der Waals surface area contributed by atoms with Gasteiger partial charge in [-0.15, -0.1) is 0 Å². The Morgan fingerprint density at radius 3 is 2.60 bits per heavy atom. The quantitative estimate of drug-likeness (QED) is 0.887. The number of rotatable bonds is 5. The van der Waals surface area contributed by atoms with E-state index in [2.05, 4.69) is 5.10 Å². The van der Waals surface area contributed by atoms with Crippen molar-refractivity contribution in [3.8, 4) is 0 Å². The van der Waals surface area contributed by atoms with Crippen molar-refractivity contribution in [1.82, 2.24) is 14.1 Å². The second kappa shape index (κ2) is 6.24. The van der Waals surface area contributed by atoms with Crippen LogP contribution in [0, 0.1) is 0 Å². The molecule has 0 radical (unpaired) electrons. The standard InChI is InChI=1S/C13H23N3O3S/c1-11-5-3-6-12(2)16(11)20(18,19)13-9-14-15(10-13)7-4-8-17/h9-12,17H,3-8H2,1-2H3. The van der Waals surface area contributed by atoms with Crippen LogP contribution in [0.15, 0.2) is 17.3 Å². The smallest absolute Gasteiger partial charge is 0.246 e. The summed E-state index contributed by atoms with van der Waals surface area (Å²) in [5, 5.41) is 12.9. The zero-order chi connectivity index (χ0) is 14.8. The van der Waals surface area contributed by atoms with E-state index in [0.717, 1.165) is 19.3 Å². The topological polar surface area (TPSA) is 75.4 Å². The second-order valence-corrected chi connectivity index (χ2v) is 7.32. The van der Waals surface area contributed by atoms with Gasteiger partial charge in [-0.25, -0.2) is 8.42 Å². The fraction of sp³-hybridized carbons (Fsp3) is 0.769. The Labute approximate surface area is 120 Å². The Hall–Kier alpha value is -0.920. The van der Waals surface area contributed by atoms with Crippen LogP contribution in [0.2, 0.25) is 0 Å². The van der Waals surface area contributed by atoms with E-state index in [4.69, 9.17) is 5.11 Å². The molecule has 1 fully saturated rings. The molecular weight excluding hydrogens is 278 g/mol. The van der Waals surface area contributed by atoms with Gasteiger partial charge in [-0.1, -0.05) is 6.42 Å². The second-order valence-electron chi connectivity index (χ2n) is 5.48. The lowest BCUT2D eigenvalue weighted by molar-refractivity contribution is 0.204. The number of nitrogens with zero attached hydrogens (tertiary/aromatic N) is 3. The minimum Gasteiger partial charge on any atom is -0.396 e. The first-order chi connectivity index (χ1) is 9.46. The van der Waals surface area contributed by atoms with E-state index in [1.807, 2.05) is 13.8 Å². The third-order valence-electron chi connectivity index (χ3n) is 3.84. The number of aliphatic hydroxyl groups excluding tert-OH is 1. The number of piperidine rings is 1. The molecular formula is C13H23N3O3S. The zero-order valence-corrected chi connectivity index (χ0v) is 12.9. The lowest BCUT2D eigenvalue weighted by Crippen LogP contribution is -2.47. The molecule has 0 aromatic carbocycles. The van der Waals surface area contributed by atoms with E-state index in [9.17, 15) is 8.42 Å². The van der Waals surface area contributed by atoms with Crippen molar-refractivity contribution >= 4 is 10.0 Å². The summed E-state index contributed by atoms with van der Waals surface area (Å²) in [5.74, 6) is 0. The van der Waals surface area contributed by atoms with Crippen molar-refractivity contribution in [1.29, 1.82) is 0 Å². The zero-order valence-electron chi connectivity index (χ0n) is 12.1. The molecule has 2 rings (SSSR count). The number of aliphatic hydroxyl groups is 1.